The van der Waals surface area contributed by atoms with E-state index in [1.807, 2.05) is 0 Å². The summed E-state index contributed by atoms with van der Waals surface area (Å²) < 4.78 is 43.6. The molecule has 2 rings (SSSR count). The highest BCUT2D eigenvalue weighted by Crippen LogP contribution is 2.14. The van der Waals surface area contributed by atoms with Gasteiger partial charge in [0, 0.05) is 19.1 Å². The zero-order chi connectivity index (χ0) is 14.6. The lowest BCUT2D eigenvalue weighted by Gasteiger charge is -2.29. The topological polar surface area (TPSA) is 72.6 Å². The summed E-state index contributed by atoms with van der Waals surface area (Å²) in [5, 5.41) is 0. The molecule has 0 bridgehead atoms. The van der Waals surface area contributed by atoms with Crippen LogP contribution in [0.2, 0.25) is 0 Å². The second-order valence-corrected chi connectivity index (χ2v) is 6.94. The monoisotopic (exact) mass is 302 g/mol. The third-order valence-electron chi connectivity index (χ3n) is 3.32. The number of hydrogen-bond acceptors (Lipinski definition) is 4. The molecule has 1 aromatic carbocycles. The lowest BCUT2D eigenvalue weighted by molar-refractivity contribution is 0.308. The van der Waals surface area contributed by atoms with Crippen LogP contribution in [0.5, 0.6) is 5.75 Å². The Kier molecular flexibility index (Phi) is 4.95. The molecule has 1 aliphatic heterocycles. The Morgan fingerprint density at radius 3 is 2.45 bits per heavy atom. The minimum absolute atomic E-state index is 0.0521. The van der Waals surface area contributed by atoms with Gasteiger partial charge in [-0.05, 0) is 37.1 Å². The average Bonchev–Trinajstić information content (AvgIpc) is 2.41. The van der Waals surface area contributed by atoms with Crippen LogP contribution < -0.4 is 10.5 Å². The van der Waals surface area contributed by atoms with E-state index in [-0.39, 0.29) is 24.2 Å². The van der Waals surface area contributed by atoms with Crippen molar-refractivity contribution in [1.29, 1.82) is 0 Å². The molecular weight excluding hydrogens is 283 g/mol. The van der Waals surface area contributed by atoms with Gasteiger partial charge in [-0.15, -0.1) is 0 Å². The summed E-state index contributed by atoms with van der Waals surface area (Å²) in [6.07, 6.45) is 1.39. The molecule has 1 heterocycles. The first-order valence-corrected chi connectivity index (χ1v) is 8.20. The van der Waals surface area contributed by atoms with Crippen LogP contribution in [0.15, 0.2) is 24.3 Å². The van der Waals surface area contributed by atoms with Gasteiger partial charge >= 0.3 is 0 Å². The first kappa shape index (κ1) is 15.2. The molecule has 5 nitrogen and oxygen atoms in total. The van der Waals surface area contributed by atoms with Crippen LogP contribution in [0.3, 0.4) is 0 Å². The van der Waals surface area contributed by atoms with Crippen molar-refractivity contribution in [3.05, 3.63) is 30.1 Å². The molecule has 1 fully saturated rings. The Hall–Kier alpha value is -1.18. The van der Waals surface area contributed by atoms with Gasteiger partial charge in [0.05, 0.1) is 5.75 Å². The summed E-state index contributed by atoms with van der Waals surface area (Å²) in [7, 11) is -3.31. The number of benzene rings is 1. The van der Waals surface area contributed by atoms with E-state index in [4.69, 9.17) is 10.5 Å². The highest BCUT2D eigenvalue weighted by molar-refractivity contribution is 7.89. The number of ether oxygens (including phenoxy) is 1. The molecule has 0 aromatic heterocycles. The molecule has 7 heteroatoms. The van der Waals surface area contributed by atoms with Gasteiger partial charge < -0.3 is 10.5 Å². The average molecular weight is 302 g/mol. The zero-order valence-electron chi connectivity index (χ0n) is 11.2. The van der Waals surface area contributed by atoms with Gasteiger partial charge in [-0.25, -0.2) is 17.1 Å². The SMILES string of the molecule is NC1CCN(S(=O)(=O)CCOc2ccc(F)cc2)CC1. The highest BCUT2D eigenvalue weighted by atomic mass is 32.2. The summed E-state index contributed by atoms with van der Waals surface area (Å²) in [4.78, 5) is 0. The van der Waals surface area contributed by atoms with Gasteiger partial charge in [0.2, 0.25) is 10.0 Å². The van der Waals surface area contributed by atoms with Gasteiger partial charge in [-0.3, -0.25) is 0 Å². The fourth-order valence-electron chi connectivity index (χ4n) is 2.08. The van der Waals surface area contributed by atoms with E-state index >= 15 is 0 Å². The molecule has 1 aliphatic rings. The van der Waals surface area contributed by atoms with Crippen molar-refractivity contribution in [3.8, 4) is 5.75 Å². The molecule has 0 atom stereocenters. The largest absolute Gasteiger partial charge is 0.492 e. The van der Waals surface area contributed by atoms with E-state index in [1.54, 1.807) is 0 Å². The first-order chi connectivity index (χ1) is 9.47. The maximum Gasteiger partial charge on any atom is 0.217 e. The second-order valence-electron chi connectivity index (χ2n) is 4.85. The molecule has 2 N–H and O–H groups in total. The van der Waals surface area contributed by atoms with E-state index in [0.717, 1.165) is 0 Å². The number of nitrogens with two attached hydrogens (primary N) is 1. The van der Waals surface area contributed by atoms with Crippen molar-refractivity contribution in [3.63, 3.8) is 0 Å². The van der Waals surface area contributed by atoms with Crippen LogP contribution in [0, 0.1) is 5.82 Å². The predicted molar refractivity (Wildman–Crippen MR) is 74.5 cm³/mol. The molecule has 1 saturated heterocycles. The third kappa shape index (κ3) is 4.16. The summed E-state index contributed by atoms with van der Waals surface area (Å²) in [6.45, 7) is 0.997. The number of hydrogen-bond donors (Lipinski definition) is 1. The molecule has 0 spiro atoms. The van der Waals surface area contributed by atoms with Crippen LogP contribution in [0.4, 0.5) is 4.39 Å². The Balaban J connectivity index is 1.82. The molecule has 0 aliphatic carbocycles. The van der Waals surface area contributed by atoms with Crippen molar-refractivity contribution in [2.24, 2.45) is 5.73 Å². The number of halogens is 1. The highest BCUT2D eigenvalue weighted by Gasteiger charge is 2.26. The Morgan fingerprint density at radius 1 is 1.25 bits per heavy atom. The van der Waals surface area contributed by atoms with E-state index in [2.05, 4.69) is 0 Å². The van der Waals surface area contributed by atoms with Crippen LogP contribution in [-0.2, 0) is 10.0 Å². The summed E-state index contributed by atoms with van der Waals surface area (Å²) in [5.74, 6) is 0.0245. The summed E-state index contributed by atoms with van der Waals surface area (Å²) in [6, 6.07) is 5.59. The molecule has 20 heavy (non-hydrogen) atoms. The van der Waals surface area contributed by atoms with E-state index in [1.165, 1.54) is 28.6 Å². The lowest BCUT2D eigenvalue weighted by atomic mass is 10.1. The van der Waals surface area contributed by atoms with Gasteiger partial charge in [0.25, 0.3) is 0 Å². The fourth-order valence-corrected chi connectivity index (χ4v) is 3.40. The van der Waals surface area contributed by atoms with E-state index < -0.39 is 10.0 Å². The van der Waals surface area contributed by atoms with Crippen molar-refractivity contribution in [2.45, 2.75) is 18.9 Å². The van der Waals surface area contributed by atoms with E-state index in [9.17, 15) is 12.8 Å². The van der Waals surface area contributed by atoms with Crippen molar-refractivity contribution < 1.29 is 17.5 Å². The molecule has 0 radical (unpaired) electrons. The maximum atomic E-state index is 12.7. The Labute approximate surface area is 118 Å². The van der Waals surface area contributed by atoms with Gasteiger partial charge in [-0.2, -0.15) is 0 Å². The number of nitrogens with zero attached hydrogens (tertiary/aromatic N) is 1. The van der Waals surface area contributed by atoms with Gasteiger partial charge in [-0.1, -0.05) is 0 Å². The Bertz CT molecular complexity index is 525. The summed E-state index contributed by atoms with van der Waals surface area (Å²) in [5.41, 5.74) is 5.75. The minimum atomic E-state index is -3.31. The molecular formula is C13H19FN2O3S. The van der Waals surface area contributed by atoms with Gasteiger partial charge in [0.1, 0.15) is 18.2 Å². The third-order valence-corrected chi connectivity index (χ3v) is 5.15. The molecule has 1 aromatic rings. The van der Waals surface area contributed by atoms with Gasteiger partial charge in [0.15, 0.2) is 0 Å². The molecule has 0 unspecified atom stereocenters. The predicted octanol–water partition coefficient (Wildman–Crippen LogP) is 0.957. The van der Waals surface area contributed by atoms with Crippen LogP contribution in [0.25, 0.3) is 0 Å². The normalized spacial score (nSPS) is 18.1. The lowest BCUT2D eigenvalue weighted by Crippen LogP contribution is -2.44. The zero-order valence-corrected chi connectivity index (χ0v) is 12.0. The second kappa shape index (κ2) is 6.51. The quantitative estimate of drug-likeness (QED) is 0.879. The van der Waals surface area contributed by atoms with Crippen LogP contribution >= 0.6 is 0 Å². The number of piperidine rings is 1. The standard InChI is InChI=1S/C13H19FN2O3S/c14-11-1-3-13(4-2-11)19-9-10-20(17,18)16-7-5-12(15)6-8-16/h1-4,12H,5-10,15H2. The van der Waals surface area contributed by atoms with Crippen LogP contribution in [0.1, 0.15) is 12.8 Å². The van der Waals surface area contributed by atoms with Crippen molar-refractivity contribution in [1.82, 2.24) is 4.31 Å². The number of rotatable bonds is 5. The first-order valence-electron chi connectivity index (χ1n) is 6.59. The summed E-state index contributed by atoms with van der Waals surface area (Å²) >= 11 is 0. The van der Waals surface area contributed by atoms with Crippen molar-refractivity contribution in [2.75, 3.05) is 25.4 Å². The number of sulfonamides is 1. The smallest absolute Gasteiger partial charge is 0.217 e. The molecule has 0 amide bonds. The fraction of sp³-hybridized carbons (Fsp3) is 0.538. The van der Waals surface area contributed by atoms with Crippen molar-refractivity contribution >= 4 is 10.0 Å². The van der Waals surface area contributed by atoms with E-state index in [0.29, 0.717) is 31.7 Å². The molecule has 112 valence electrons. The Morgan fingerprint density at radius 2 is 1.85 bits per heavy atom. The maximum absolute atomic E-state index is 12.7. The van der Waals surface area contributed by atoms with Crippen LogP contribution in [-0.4, -0.2) is 44.2 Å². The minimum Gasteiger partial charge on any atom is -0.492 e. The molecule has 0 saturated carbocycles.